The molecule has 1 fully saturated rings. The number of rotatable bonds is 5. The average molecular weight is 212 g/mol. The number of nitrogens with two attached hydrogens (primary N) is 1. The van der Waals surface area contributed by atoms with E-state index < -0.39 is 0 Å². The van der Waals surface area contributed by atoms with Crippen molar-refractivity contribution in [1.82, 2.24) is 4.90 Å². The van der Waals surface area contributed by atoms with Crippen LogP contribution in [0.3, 0.4) is 0 Å². The molecule has 0 aliphatic heterocycles. The summed E-state index contributed by atoms with van der Waals surface area (Å²) in [5.41, 5.74) is 6.34. The summed E-state index contributed by atoms with van der Waals surface area (Å²) in [7, 11) is 2.28. The third-order valence-corrected chi connectivity index (χ3v) is 4.45. The molecule has 0 aromatic heterocycles. The molecular weight excluding hydrogens is 184 g/mol. The molecule has 1 aliphatic carbocycles. The van der Waals surface area contributed by atoms with Crippen LogP contribution >= 0.6 is 0 Å². The van der Waals surface area contributed by atoms with Gasteiger partial charge in [-0.2, -0.15) is 0 Å². The second kappa shape index (κ2) is 5.31. The Balaban J connectivity index is 2.72. The molecule has 1 aliphatic rings. The lowest BCUT2D eigenvalue weighted by Gasteiger charge is -2.43. The first-order valence-corrected chi connectivity index (χ1v) is 6.52. The predicted octanol–water partition coefficient (Wildman–Crippen LogP) is 2.62. The Morgan fingerprint density at radius 3 is 2.33 bits per heavy atom. The molecule has 2 unspecified atom stereocenters. The van der Waals surface area contributed by atoms with E-state index in [1.807, 2.05) is 0 Å². The molecular formula is C13H28N2. The van der Waals surface area contributed by atoms with Crippen molar-refractivity contribution in [3.63, 3.8) is 0 Å². The van der Waals surface area contributed by atoms with Crippen LogP contribution in [0, 0.1) is 5.92 Å². The first-order chi connectivity index (χ1) is 7.09. The first-order valence-electron chi connectivity index (χ1n) is 6.52. The monoisotopic (exact) mass is 212 g/mol. The number of hydrogen-bond donors (Lipinski definition) is 1. The molecule has 2 nitrogen and oxygen atoms in total. The van der Waals surface area contributed by atoms with Crippen molar-refractivity contribution in [3.8, 4) is 0 Å². The average Bonchev–Trinajstić information content (AvgIpc) is 2.63. The summed E-state index contributed by atoms with van der Waals surface area (Å²) in [5.74, 6) is 0.852. The maximum atomic E-state index is 6.04. The van der Waals surface area contributed by atoms with Gasteiger partial charge in [-0.25, -0.2) is 0 Å². The number of likely N-dealkylation sites (N-methyl/N-ethyl adjacent to an activating group) is 1. The Morgan fingerprint density at radius 1 is 1.40 bits per heavy atom. The SMILES string of the molecule is CCC(CC)N(C)C1(CN)CCC(C)C1. The van der Waals surface area contributed by atoms with E-state index in [4.69, 9.17) is 5.73 Å². The second-order valence-corrected chi connectivity index (χ2v) is 5.36. The fraction of sp³-hybridized carbons (Fsp3) is 1.00. The molecule has 0 amide bonds. The Labute approximate surface area is 95.2 Å². The van der Waals surface area contributed by atoms with Gasteiger partial charge in [0.05, 0.1) is 0 Å². The van der Waals surface area contributed by atoms with Gasteiger partial charge in [-0.3, -0.25) is 4.90 Å². The van der Waals surface area contributed by atoms with Crippen molar-refractivity contribution >= 4 is 0 Å². The Kier molecular flexibility index (Phi) is 4.60. The van der Waals surface area contributed by atoms with E-state index >= 15 is 0 Å². The predicted molar refractivity (Wildman–Crippen MR) is 66.9 cm³/mol. The number of nitrogens with zero attached hydrogens (tertiary/aromatic N) is 1. The van der Waals surface area contributed by atoms with Gasteiger partial charge in [-0.1, -0.05) is 20.8 Å². The lowest BCUT2D eigenvalue weighted by Crippen LogP contribution is -2.54. The van der Waals surface area contributed by atoms with Gasteiger partial charge < -0.3 is 5.73 Å². The fourth-order valence-electron chi connectivity index (χ4n) is 3.24. The zero-order chi connectivity index (χ0) is 11.5. The van der Waals surface area contributed by atoms with E-state index in [2.05, 4.69) is 32.7 Å². The largest absolute Gasteiger partial charge is 0.329 e. The van der Waals surface area contributed by atoms with E-state index in [-0.39, 0.29) is 0 Å². The molecule has 0 spiro atoms. The fourth-order valence-corrected chi connectivity index (χ4v) is 3.24. The van der Waals surface area contributed by atoms with Gasteiger partial charge in [0.1, 0.15) is 0 Å². The molecule has 2 N–H and O–H groups in total. The van der Waals surface area contributed by atoms with Crippen molar-refractivity contribution in [3.05, 3.63) is 0 Å². The van der Waals surface area contributed by atoms with Crippen molar-refractivity contribution in [2.75, 3.05) is 13.6 Å². The summed E-state index contributed by atoms with van der Waals surface area (Å²) >= 11 is 0. The highest BCUT2D eigenvalue weighted by molar-refractivity contribution is 4.98. The van der Waals surface area contributed by atoms with E-state index in [1.54, 1.807) is 0 Å². The van der Waals surface area contributed by atoms with Crippen LogP contribution in [0.2, 0.25) is 0 Å². The van der Waals surface area contributed by atoms with Crippen LogP contribution in [0.25, 0.3) is 0 Å². The van der Waals surface area contributed by atoms with Crippen LogP contribution in [-0.4, -0.2) is 30.1 Å². The Bertz CT molecular complexity index is 189. The van der Waals surface area contributed by atoms with Crippen LogP contribution in [0.5, 0.6) is 0 Å². The molecule has 0 saturated heterocycles. The Morgan fingerprint density at radius 2 is 2.00 bits per heavy atom. The topological polar surface area (TPSA) is 29.3 Å². The summed E-state index contributed by atoms with van der Waals surface area (Å²) in [6.45, 7) is 7.75. The van der Waals surface area contributed by atoms with Gasteiger partial charge in [0, 0.05) is 18.1 Å². The first kappa shape index (κ1) is 13.0. The maximum Gasteiger partial charge on any atom is 0.0334 e. The molecule has 0 aromatic rings. The molecule has 0 bridgehead atoms. The summed E-state index contributed by atoms with van der Waals surface area (Å²) in [6.07, 6.45) is 6.40. The number of hydrogen-bond acceptors (Lipinski definition) is 2. The molecule has 2 heteroatoms. The quantitative estimate of drug-likeness (QED) is 0.759. The van der Waals surface area contributed by atoms with Gasteiger partial charge in [-0.05, 0) is 45.1 Å². The minimum Gasteiger partial charge on any atom is -0.329 e. The minimum atomic E-state index is 0.302. The van der Waals surface area contributed by atoms with E-state index in [1.165, 1.54) is 32.1 Å². The van der Waals surface area contributed by atoms with Crippen LogP contribution in [0.4, 0.5) is 0 Å². The van der Waals surface area contributed by atoms with Crippen LogP contribution in [-0.2, 0) is 0 Å². The van der Waals surface area contributed by atoms with Gasteiger partial charge in [0.2, 0.25) is 0 Å². The van der Waals surface area contributed by atoms with E-state index in [0.717, 1.165) is 12.5 Å². The highest BCUT2D eigenvalue weighted by Gasteiger charge is 2.41. The van der Waals surface area contributed by atoms with Gasteiger partial charge >= 0.3 is 0 Å². The summed E-state index contributed by atoms with van der Waals surface area (Å²) in [5, 5.41) is 0. The maximum absolute atomic E-state index is 6.04. The molecule has 0 heterocycles. The zero-order valence-electron chi connectivity index (χ0n) is 10.9. The standard InChI is InChI=1S/C13H28N2/c1-5-12(6-2)15(4)13(10-14)8-7-11(3)9-13/h11-12H,5-10,14H2,1-4H3. The molecule has 0 aromatic carbocycles. The van der Waals surface area contributed by atoms with E-state index in [9.17, 15) is 0 Å². The molecule has 1 saturated carbocycles. The van der Waals surface area contributed by atoms with Crippen molar-refractivity contribution in [2.45, 2.75) is 64.5 Å². The lowest BCUT2D eigenvalue weighted by molar-refractivity contribution is 0.0741. The van der Waals surface area contributed by atoms with Crippen LogP contribution < -0.4 is 5.73 Å². The molecule has 0 radical (unpaired) electrons. The third kappa shape index (κ3) is 2.54. The second-order valence-electron chi connectivity index (χ2n) is 5.36. The van der Waals surface area contributed by atoms with Crippen molar-refractivity contribution in [2.24, 2.45) is 11.7 Å². The van der Waals surface area contributed by atoms with Gasteiger partial charge in [0.25, 0.3) is 0 Å². The van der Waals surface area contributed by atoms with Crippen LogP contribution in [0.15, 0.2) is 0 Å². The summed E-state index contributed by atoms with van der Waals surface area (Å²) in [4.78, 5) is 2.58. The highest BCUT2D eigenvalue weighted by Crippen LogP contribution is 2.39. The van der Waals surface area contributed by atoms with E-state index in [0.29, 0.717) is 11.6 Å². The van der Waals surface area contributed by atoms with Gasteiger partial charge in [-0.15, -0.1) is 0 Å². The normalized spacial score (nSPS) is 31.8. The van der Waals surface area contributed by atoms with Crippen molar-refractivity contribution < 1.29 is 0 Å². The summed E-state index contributed by atoms with van der Waals surface area (Å²) in [6, 6.07) is 0.707. The van der Waals surface area contributed by atoms with Crippen LogP contribution in [0.1, 0.15) is 52.9 Å². The third-order valence-electron chi connectivity index (χ3n) is 4.45. The Hall–Kier alpha value is -0.0800. The molecule has 2 atom stereocenters. The highest BCUT2D eigenvalue weighted by atomic mass is 15.2. The summed E-state index contributed by atoms with van der Waals surface area (Å²) < 4.78 is 0. The zero-order valence-corrected chi connectivity index (χ0v) is 10.9. The minimum absolute atomic E-state index is 0.302. The molecule has 15 heavy (non-hydrogen) atoms. The lowest BCUT2D eigenvalue weighted by atomic mass is 9.91. The molecule has 90 valence electrons. The molecule has 1 rings (SSSR count). The smallest absolute Gasteiger partial charge is 0.0334 e. The van der Waals surface area contributed by atoms with Crippen molar-refractivity contribution in [1.29, 1.82) is 0 Å². The van der Waals surface area contributed by atoms with Gasteiger partial charge in [0.15, 0.2) is 0 Å².